The van der Waals surface area contributed by atoms with Crippen molar-refractivity contribution in [1.29, 1.82) is 0 Å². The van der Waals surface area contributed by atoms with Crippen molar-refractivity contribution < 1.29 is 19.8 Å². The van der Waals surface area contributed by atoms with E-state index in [2.05, 4.69) is 13.8 Å². The van der Waals surface area contributed by atoms with E-state index in [1.165, 1.54) is 0 Å². The third kappa shape index (κ3) is 7.35. The molecule has 5 heteroatoms. The standard InChI is InChI=1S/C15H28O4.Li.H/c1-3-5-7-9-11-15(13(16)17,14(18)19)12-10-8-6-4-2;;/h3-12H2,1-2H3,(H,16,17)(H,18,19);;. The Morgan fingerprint density at radius 2 is 1.10 bits per heavy atom. The fourth-order valence-electron chi connectivity index (χ4n) is 2.35. The van der Waals surface area contributed by atoms with Gasteiger partial charge in [0.15, 0.2) is 5.41 Å². The van der Waals surface area contributed by atoms with Crippen LogP contribution < -0.4 is 0 Å². The molecule has 0 aliphatic heterocycles. The summed E-state index contributed by atoms with van der Waals surface area (Å²) in [4.78, 5) is 22.8. The second-order valence-corrected chi connectivity index (χ2v) is 5.31. The molecule has 2 N–H and O–H groups in total. The van der Waals surface area contributed by atoms with Gasteiger partial charge in [-0.1, -0.05) is 65.2 Å². The predicted molar refractivity (Wildman–Crippen MR) is 82.4 cm³/mol. The number of unbranched alkanes of at least 4 members (excludes halogenated alkanes) is 6. The third-order valence-corrected chi connectivity index (χ3v) is 3.73. The first-order valence-electron chi connectivity index (χ1n) is 7.48. The fraction of sp³-hybridized carbons (Fsp3) is 0.867. The van der Waals surface area contributed by atoms with Gasteiger partial charge in [0.05, 0.1) is 0 Å². The van der Waals surface area contributed by atoms with E-state index in [4.69, 9.17) is 0 Å². The second kappa shape index (κ2) is 12.3. The van der Waals surface area contributed by atoms with Crippen LogP contribution in [-0.4, -0.2) is 41.0 Å². The molecule has 0 radical (unpaired) electrons. The van der Waals surface area contributed by atoms with Gasteiger partial charge in [0.2, 0.25) is 0 Å². The van der Waals surface area contributed by atoms with Gasteiger partial charge in [-0.25, -0.2) is 0 Å². The van der Waals surface area contributed by atoms with E-state index in [9.17, 15) is 19.8 Å². The summed E-state index contributed by atoms with van der Waals surface area (Å²) in [6.07, 6.45) is 7.87. The van der Waals surface area contributed by atoms with E-state index < -0.39 is 17.4 Å². The molecule has 0 aromatic rings. The Kier molecular flexibility index (Phi) is 13.4. The van der Waals surface area contributed by atoms with E-state index >= 15 is 0 Å². The van der Waals surface area contributed by atoms with Gasteiger partial charge in [0, 0.05) is 0 Å². The minimum atomic E-state index is -1.57. The number of carboxylic acid groups (broad SMARTS) is 2. The molecule has 0 heterocycles. The summed E-state index contributed by atoms with van der Waals surface area (Å²) in [7, 11) is 0. The van der Waals surface area contributed by atoms with Crippen LogP contribution in [0, 0.1) is 5.41 Å². The van der Waals surface area contributed by atoms with Crippen molar-refractivity contribution in [2.24, 2.45) is 5.41 Å². The normalized spacial score (nSPS) is 10.9. The molecule has 0 atom stereocenters. The number of carboxylic acids is 2. The van der Waals surface area contributed by atoms with Gasteiger partial charge in [0.1, 0.15) is 0 Å². The molecule has 4 nitrogen and oxygen atoms in total. The van der Waals surface area contributed by atoms with Crippen molar-refractivity contribution in [3.8, 4) is 0 Å². The summed E-state index contributed by atoms with van der Waals surface area (Å²) < 4.78 is 0. The molecule has 114 valence electrons. The van der Waals surface area contributed by atoms with Crippen molar-refractivity contribution in [2.45, 2.75) is 78.1 Å². The molecule has 0 aliphatic rings. The van der Waals surface area contributed by atoms with Crippen LogP contribution in [0.2, 0.25) is 0 Å². The average molecular weight is 280 g/mol. The summed E-state index contributed by atoms with van der Waals surface area (Å²) in [6.45, 7) is 4.15. The van der Waals surface area contributed by atoms with Crippen LogP contribution in [0.3, 0.4) is 0 Å². The Balaban J connectivity index is 0. The molecule has 0 rings (SSSR count). The Morgan fingerprint density at radius 3 is 1.35 bits per heavy atom. The molecule has 0 aliphatic carbocycles. The fourth-order valence-corrected chi connectivity index (χ4v) is 2.35. The zero-order valence-corrected chi connectivity index (χ0v) is 12.3. The minimum absolute atomic E-state index is 0. The van der Waals surface area contributed by atoms with E-state index in [1.807, 2.05) is 0 Å². The van der Waals surface area contributed by atoms with Crippen LogP contribution in [-0.2, 0) is 9.59 Å². The molecule has 0 fully saturated rings. The molecule has 0 aromatic heterocycles. The molecule has 0 aromatic carbocycles. The van der Waals surface area contributed by atoms with E-state index in [-0.39, 0.29) is 31.7 Å². The molecular weight excluding hydrogens is 251 g/mol. The first-order valence-corrected chi connectivity index (χ1v) is 7.48. The van der Waals surface area contributed by atoms with E-state index in [0.29, 0.717) is 12.8 Å². The average Bonchev–Trinajstić information content (AvgIpc) is 2.36. The van der Waals surface area contributed by atoms with Crippen molar-refractivity contribution in [1.82, 2.24) is 0 Å². The van der Waals surface area contributed by atoms with E-state index in [1.54, 1.807) is 0 Å². The van der Waals surface area contributed by atoms with Crippen molar-refractivity contribution >= 4 is 30.8 Å². The Morgan fingerprint density at radius 1 is 0.750 bits per heavy atom. The topological polar surface area (TPSA) is 74.6 Å². The SMILES string of the molecule is CCCCCCC(CCCCCC)(C(=O)O)C(=O)O.[LiH]. The number of carbonyl (C=O) groups is 2. The van der Waals surface area contributed by atoms with Crippen LogP contribution in [0.15, 0.2) is 0 Å². The van der Waals surface area contributed by atoms with Crippen LogP contribution in [0.1, 0.15) is 78.1 Å². The molecule has 0 saturated heterocycles. The third-order valence-electron chi connectivity index (χ3n) is 3.73. The van der Waals surface area contributed by atoms with Crippen molar-refractivity contribution in [2.75, 3.05) is 0 Å². The second-order valence-electron chi connectivity index (χ2n) is 5.31. The van der Waals surface area contributed by atoms with Crippen molar-refractivity contribution in [3.63, 3.8) is 0 Å². The van der Waals surface area contributed by atoms with E-state index in [0.717, 1.165) is 38.5 Å². The molecule has 20 heavy (non-hydrogen) atoms. The summed E-state index contributed by atoms with van der Waals surface area (Å²) in [5, 5.41) is 18.7. The first kappa shape index (κ1) is 21.8. The van der Waals surface area contributed by atoms with Gasteiger partial charge in [-0.05, 0) is 12.8 Å². The predicted octanol–water partition coefficient (Wildman–Crippen LogP) is 3.43. The quantitative estimate of drug-likeness (QED) is 0.326. The summed E-state index contributed by atoms with van der Waals surface area (Å²) in [5.41, 5.74) is -1.57. The first-order chi connectivity index (χ1) is 9.01. The maximum atomic E-state index is 11.4. The van der Waals surface area contributed by atoms with Crippen LogP contribution in [0.4, 0.5) is 0 Å². The van der Waals surface area contributed by atoms with Gasteiger partial charge >= 0.3 is 30.8 Å². The number of aliphatic carboxylic acids is 2. The van der Waals surface area contributed by atoms with Gasteiger partial charge < -0.3 is 10.2 Å². The van der Waals surface area contributed by atoms with Gasteiger partial charge in [-0.3, -0.25) is 9.59 Å². The summed E-state index contributed by atoms with van der Waals surface area (Å²) in [6, 6.07) is 0. The van der Waals surface area contributed by atoms with Crippen LogP contribution >= 0.6 is 0 Å². The van der Waals surface area contributed by atoms with Gasteiger partial charge in [-0.15, -0.1) is 0 Å². The summed E-state index contributed by atoms with van der Waals surface area (Å²) >= 11 is 0. The van der Waals surface area contributed by atoms with Gasteiger partial charge in [0.25, 0.3) is 0 Å². The molecule has 0 bridgehead atoms. The van der Waals surface area contributed by atoms with Gasteiger partial charge in [-0.2, -0.15) is 0 Å². The Hall–Kier alpha value is -0.463. The zero-order chi connectivity index (χ0) is 14.7. The monoisotopic (exact) mass is 280 g/mol. The van der Waals surface area contributed by atoms with Crippen molar-refractivity contribution in [3.05, 3.63) is 0 Å². The molecule has 0 spiro atoms. The number of hydrogen-bond donors (Lipinski definition) is 2. The van der Waals surface area contributed by atoms with Crippen LogP contribution in [0.25, 0.3) is 0 Å². The van der Waals surface area contributed by atoms with Crippen LogP contribution in [0.5, 0.6) is 0 Å². The maximum absolute atomic E-state index is 11.4. The Labute approximate surface area is 134 Å². The molecule has 0 unspecified atom stereocenters. The Bertz CT molecular complexity index is 251. The summed E-state index contributed by atoms with van der Waals surface area (Å²) in [5.74, 6) is -2.35. The number of rotatable bonds is 12. The molecule has 0 saturated carbocycles. The number of hydrogen-bond acceptors (Lipinski definition) is 2. The molecule has 0 amide bonds. The zero-order valence-electron chi connectivity index (χ0n) is 12.3. The molecular formula is C15H29LiO4.